The van der Waals surface area contributed by atoms with Gasteiger partial charge < -0.3 is 9.90 Å². The van der Waals surface area contributed by atoms with Gasteiger partial charge in [-0.25, -0.2) is 0 Å². The van der Waals surface area contributed by atoms with Crippen molar-refractivity contribution in [2.24, 2.45) is 0 Å². The SMILES string of the molecule is C#Cc1ccc(C(=O)[O-])cc1.[K+]. The number of hydrogen-bond donors (Lipinski definition) is 0. The summed E-state index contributed by atoms with van der Waals surface area (Å²) in [6, 6.07) is 5.96. The predicted molar refractivity (Wildman–Crippen MR) is 38.7 cm³/mol. The molecule has 54 valence electrons. The van der Waals surface area contributed by atoms with E-state index in [1.807, 2.05) is 0 Å². The summed E-state index contributed by atoms with van der Waals surface area (Å²) in [5.41, 5.74) is 0.805. The quantitative estimate of drug-likeness (QED) is 0.345. The number of carbonyl (C=O) groups is 1. The van der Waals surface area contributed by atoms with E-state index in [4.69, 9.17) is 6.42 Å². The number of carboxylic acid groups (broad SMARTS) is 1. The minimum absolute atomic E-state index is 0. The van der Waals surface area contributed by atoms with E-state index in [-0.39, 0.29) is 56.9 Å². The van der Waals surface area contributed by atoms with Crippen LogP contribution in [0.15, 0.2) is 24.3 Å². The average Bonchev–Trinajstić information content (AvgIpc) is 2.05. The fourth-order valence-corrected chi connectivity index (χ4v) is 0.703. The molecule has 0 radical (unpaired) electrons. The largest absolute Gasteiger partial charge is 1.00 e. The van der Waals surface area contributed by atoms with Crippen LogP contribution in [0.4, 0.5) is 0 Å². The van der Waals surface area contributed by atoms with Gasteiger partial charge in [-0.15, -0.1) is 6.42 Å². The molecule has 0 N–H and O–H groups in total. The van der Waals surface area contributed by atoms with Crippen LogP contribution in [0.5, 0.6) is 0 Å². The molecule has 0 atom stereocenters. The van der Waals surface area contributed by atoms with Gasteiger partial charge in [-0.1, -0.05) is 18.1 Å². The van der Waals surface area contributed by atoms with Crippen LogP contribution in [0, 0.1) is 12.3 Å². The van der Waals surface area contributed by atoms with Crippen LogP contribution in [0.2, 0.25) is 0 Å². The van der Waals surface area contributed by atoms with E-state index in [9.17, 15) is 9.90 Å². The Bertz CT molecular complexity index is 308. The molecular weight excluding hydrogens is 179 g/mol. The van der Waals surface area contributed by atoms with Crippen LogP contribution in [0.1, 0.15) is 15.9 Å². The normalized spacial score (nSPS) is 7.92. The number of rotatable bonds is 1. The van der Waals surface area contributed by atoms with Gasteiger partial charge in [0.05, 0.1) is 5.97 Å². The standard InChI is InChI=1S/C9H6O2.K/c1-2-7-3-5-8(6-4-7)9(10)11;/h1,3-6H,(H,10,11);/q;+1/p-1. The Labute approximate surface area is 113 Å². The minimum atomic E-state index is -1.19. The topological polar surface area (TPSA) is 40.1 Å². The summed E-state index contributed by atoms with van der Waals surface area (Å²) >= 11 is 0. The van der Waals surface area contributed by atoms with Gasteiger partial charge in [0.2, 0.25) is 0 Å². The van der Waals surface area contributed by atoms with Crippen molar-refractivity contribution in [3.05, 3.63) is 35.4 Å². The molecule has 0 spiro atoms. The molecule has 0 saturated carbocycles. The molecule has 0 heterocycles. The third-order valence-corrected chi connectivity index (χ3v) is 1.29. The van der Waals surface area contributed by atoms with Gasteiger partial charge in [0.25, 0.3) is 0 Å². The molecule has 1 aromatic carbocycles. The maximum absolute atomic E-state index is 10.2. The van der Waals surface area contributed by atoms with Crippen molar-refractivity contribution in [3.8, 4) is 12.3 Å². The maximum Gasteiger partial charge on any atom is 1.00 e. The van der Waals surface area contributed by atoms with Gasteiger partial charge in [0.1, 0.15) is 0 Å². The summed E-state index contributed by atoms with van der Waals surface area (Å²) in [5, 5.41) is 10.2. The van der Waals surface area contributed by atoms with E-state index >= 15 is 0 Å². The Hall–Kier alpha value is -0.114. The van der Waals surface area contributed by atoms with Gasteiger partial charge in [0.15, 0.2) is 0 Å². The first-order valence-electron chi connectivity index (χ1n) is 3.02. The second-order valence-electron chi connectivity index (χ2n) is 2.01. The number of carboxylic acids is 1. The monoisotopic (exact) mass is 184 g/mol. The van der Waals surface area contributed by atoms with Crippen LogP contribution in [-0.2, 0) is 0 Å². The molecule has 3 heteroatoms. The fourth-order valence-electron chi connectivity index (χ4n) is 0.703. The number of terminal acetylenes is 1. The molecule has 0 aliphatic carbocycles. The molecule has 2 nitrogen and oxygen atoms in total. The Morgan fingerprint density at radius 3 is 2.17 bits per heavy atom. The van der Waals surface area contributed by atoms with Crippen molar-refractivity contribution < 1.29 is 61.3 Å². The molecule has 0 saturated heterocycles. The van der Waals surface area contributed by atoms with Crippen molar-refractivity contribution in [2.45, 2.75) is 0 Å². The van der Waals surface area contributed by atoms with Crippen LogP contribution >= 0.6 is 0 Å². The van der Waals surface area contributed by atoms with E-state index in [0.29, 0.717) is 5.56 Å². The molecule has 0 amide bonds. The number of hydrogen-bond acceptors (Lipinski definition) is 2. The summed E-state index contributed by atoms with van der Waals surface area (Å²) in [4.78, 5) is 10.2. The Morgan fingerprint density at radius 1 is 1.33 bits per heavy atom. The molecular formula is C9H5KO2. The van der Waals surface area contributed by atoms with Gasteiger partial charge >= 0.3 is 51.4 Å². The summed E-state index contributed by atoms with van der Waals surface area (Å²) in [7, 11) is 0. The Kier molecular flexibility index (Phi) is 5.47. The Morgan fingerprint density at radius 2 is 1.83 bits per heavy atom. The fraction of sp³-hybridized carbons (Fsp3) is 0. The van der Waals surface area contributed by atoms with E-state index in [1.165, 1.54) is 12.1 Å². The van der Waals surface area contributed by atoms with Gasteiger partial charge in [0, 0.05) is 5.56 Å². The third kappa shape index (κ3) is 3.09. The number of carbonyl (C=O) groups excluding carboxylic acids is 1. The van der Waals surface area contributed by atoms with E-state index < -0.39 is 5.97 Å². The maximum atomic E-state index is 10.2. The first-order valence-corrected chi connectivity index (χ1v) is 3.02. The smallest absolute Gasteiger partial charge is 0.545 e. The van der Waals surface area contributed by atoms with Crippen molar-refractivity contribution in [1.29, 1.82) is 0 Å². The molecule has 0 unspecified atom stereocenters. The zero-order valence-electron chi connectivity index (χ0n) is 6.70. The number of benzene rings is 1. The molecule has 0 aromatic heterocycles. The van der Waals surface area contributed by atoms with Crippen molar-refractivity contribution >= 4 is 5.97 Å². The second kappa shape index (κ2) is 5.52. The van der Waals surface area contributed by atoms with Gasteiger partial charge in [-0.3, -0.25) is 0 Å². The van der Waals surface area contributed by atoms with Crippen LogP contribution in [0.25, 0.3) is 0 Å². The van der Waals surface area contributed by atoms with Gasteiger partial charge in [-0.05, 0) is 17.7 Å². The van der Waals surface area contributed by atoms with Crippen LogP contribution in [0.3, 0.4) is 0 Å². The summed E-state index contributed by atoms with van der Waals surface area (Å²) in [6.45, 7) is 0. The molecule has 0 aliphatic rings. The third-order valence-electron chi connectivity index (χ3n) is 1.29. The molecule has 0 bridgehead atoms. The van der Waals surface area contributed by atoms with E-state index in [2.05, 4.69) is 5.92 Å². The van der Waals surface area contributed by atoms with Crippen LogP contribution < -0.4 is 56.5 Å². The molecule has 1 aromatic rings. The average molecular weight is 184 g/mol. The first kappa shape index (κ1) is 11.9. The molecule has 1 rings (SSSR count). The summed E-state index contributed by atoms with van der Waals surface area (Å²) in [6.07, 6.45) is 5.06. The van der Waals surface area contributed by atoms with Crippen molar-refractivity contribution in [2.75, 3.05) is 0 Å². The molecule has 12 heavy (non-hydrogen) atoms. The van der Waals surface area contributed by atoms with Crippen molar-refractivity contribution in [1.82, 2.24) is 0 Å². The zero-order chi connectivity index (χ0) is 8.27. The summed E-state index contributed by atoms with van der Waals surface area (Å²) < 4.78 is 0. The van der Waals surface area contributed by atoms with E-state index in [0.717, 1.165) is 0 Å². The minimum Gasteiger partial charge on any atom is -0.545 e. The number of aromatic carboxylic acids is 1. The zero-order valence-corrected chi connectivity index (χ0v) is 9.83. The second-order valence-corrected chi connectivity index (χ2v) is 2.01. The Balaban J connectivity index is 0.00000121. The predicted octanol–water partition coefficient (Wildman–Crippen LogP) is -2.96. The van der Waals surface area contributed by atoms with Gasteiger partial charge in [-0.2, -0.15) is 0 Å². The first-order chi connectivity index (χ1) is 5.24. The van der Waals surface area contributed by atoms with E-state index in [1.54, 1.807) is 12.1 Å². The molecule has 0 aliphatic heterocycles. The molecule has 0 fully saturated rings. The summed E-state index contributed by atoms with van der Waals surface area (Å²) in [5.74, 6) is 1.19. The van der Waals surface area contributed by atoms with Crippen molar-refractivity contribution in [3.63, 3.8) is 0 Å². The van der Waals surface area contributed by atoms with Crippen LogP contribution in [-0.4, -0.2) is 5.97 Å².